The zero-order valence-corrected chi connectivity index (χ0v) is 13.1. The molecule has 0 aliphatic heterocycles. The van der Waals surface area contributed by atoms with Gasteiger partial charge in [0, 0.05) is 36.4 Å². The number of aromatic nitrogens is 2. The summed E-state index contributed by atoms with van der Waals surface area (Å²) < 4.78 is 15.3. The molecule has 0 spiro atoms. The fourth-order valence-electron chi connectivity index (χ4n) is 2.06. The quantitative estimate of drug-likeness (QED) is 0.863. The average Bonchev–Trinajstić information content (AvgIpc) is 2.69. The molecule has 3 nitrogen and oxygen atoms in total. The van der Waals surface area contributed by atoms with Gasteiger partial charge in [0.25, 0.3) is 0 Å². The van der Waals surface area contributed by atoms with Gasteiger partial charge in [-0.2, -0.15) is 5.10 Å². The van der Waals surface area contributed by atoms with Crippen molar-refractivity contribution < 1.29 is 4.39 Å². The van der Waals surface area contributed by atoms with E-state index < -0.39 is 5.82 Å². The van der Waals surface area contributed by atoms with Crippen LogP contribution in [0.1, 0.15) is 29.8 Å². The van der Waals surface area contributed by atoms with Crippen molar-refractivity contribution in [2.75, 3.05) is 0 Å². The van der Waals surface area contributed by atoms with E-state index >= 15 is 0 Å². The van der Waals surface area contributed by atoms with Crippen LogP contribution in [0.25, 0.3) is 0 Å². The van der Waals surface area contributed by atoms with E-state index in [-0.39, 0.29) is 11.1 Å². The van der Waals surface area contributed by atoms with Crippen molar-refractivity contribution in [2.45, 2.75) is 26.4 Å². The lowest BCUT2D eigenvalue weighted by Crippen LogP contribution is -2.18. The van der Waals surface area contributed by atoms with Crippen LogP contribution in [0.4, 0.5) is 4.39 Å². The van der Waals surface area contributed by atoms with Gasteiger partial charge in [0.1, 0.15) is 5.82 Å². The van der Waals surface area contributed by atoms with E-state index in [0.717, 1.165) is 11.3 Å². The van der Waals surface area contributed by atoms with Crippen molar-refractivity contribution in [3.63, 3.8) is 0 Å². The minimum absolute atomic E-state index is 0.0362. The average molecular weight is 316 g/mol. The van der Waals surface area contributed by atoms with E-state index in [4.69, 9.17) is 23.2 Å². The van der Waals surface area contributed by atoms with Crippen LogP contribution in [0.15, 0.2) is 18.3 Å². The number of aryl methyl sites for hydroxylation is 2. The van der Waals surface area contributed by atoms with Crippen LogP contribution in [0.5, 0.6) is 0 Å². The van der Waals surface area contributed by atoms with Gasteiger partial charge in [0.05, 0.1) is 10.7 Å². The summed E-state index contributed by atoms with van der Waals surface area (Å²) in [7, 11) is 1.88. The molecule has 0 saturated carbocycles. The fourth-order valence-corrected chi connectivity index (χ4v) is 2.61. The number of halogens is 3. The minimum Gasteiger partial charge on any atom is -0.306 e. The van der Waals surface area contributed by atoms with Crippen molar-refractivity contribution in [1.29, 1.82) is 0 Å². The first-order valence-corrected chi connectivity index (χ1v) is 7.01. The highest BCUT2D eigenvalue weighted by Gasteiger charge is 2.14. The summed E-state index contributed by atoms with van der Waals surface area (Å²) in [5, 5.41) is 8.08. The van der Waals surface area contributed by atoms with E-state index in [2.05, 4.69) is 10.4 Å². The van der Waals surface area contributed by atoms with Crippen LogP contribution in [-0.2, 0) is 13.6 Å². The summed E-state index contributed by atoms with van der Waals surface area (Å²) in [6.07, 6.45) is 1.96. The maximum absolute atomic E-state index is 13.5. The molecule has 0 aliphatic carbocycles. The summed E-state index contributed by atoms with van der Waals surface area (Å²) in [6, 6.07) is 2.72. The second kappa shape index (κ2) is 6.12. The number of nitrogens with zero attached hydrogens (tertiary/aromatic N) is 2. The molecule has 1 unspecified atom stereocenters. The number of rotatable bonds is 4. The molecular formula is C14H16Cl2FN3. The molecule has 1 N–H and O–H groups in total. The smallest absolute Gasteiger partial charge is 0.142 e. The van der Waals surface area contributed by atoms with Crippen LogP contribution in [0.2, 0.25) is 10.0 Å². The number of hydrogen-bond donors (Lipinski definition) is 1. The van der Waals surface area contributed by atoms with Crippen molar-refractivity contribution in [2.24, 2.45) is 7.05 Å². The Bertz CT molecular complexity index is 625. The van der Waals surface area contributed by atoms with Crippen LogP contribution in [0.3, 0.4) is 0 Å². The SMILES string of the molecule is Cc1nn(C)cc1CNC(C)c1cc(F)c(Cl)cc1Cl. The van der Waals surface area contributed by atoms with Gasteiger partial charge in [0.2, 0.25) is 0 Å². The van der Waals surface area contributed by atoms with E-state index in [0.29, 0.717) is 17.1 Å². The van der Waals surface area contributed by atoms with Crippen molar-refractivity contribution in [3.8, 4) is 0 Å². The van der Waals surface area contributed by atoms with Gasteiger partial charge in [-0.25, -0.2) is 4.39 Å². The molecule has 0 amide bonds. The molecule has 1 atom stereocenters. The van der Waals surface area contributed by atoms with E-state index in [9.17, 15) is 4.39 Å². The normalized spacial score (nSPS) is 12.7. The molecule has 1 aromatic carbocycles. The molecule has 6 heteroatoms. The van der Waals surface area contributed by atoms with Crippen LogP contribution in [-0.4, -0.2) is 9.78 Å². The summed E-state index contributed by atoms with van der Waals surface area (Å²) in [4.78, 5) is 0. The highest BCUT2D eigenvalue weighted by atomic mass is 35.5. The van der Waals surface area contributed by atoms with Crippen LogP contribution < -0.4 is 5.32 Å². The maximum Gasteiger partial charge on any atom is 0.142 e. The van der Waals surface area contributed by atoms with E-state index in [1.54, 1.807) is 4.68 Å². The van der Waals surface area contributed by atoms with Gasteiger partial charge in [-0.05, 0) is 31.5 Å². The third kappa shape index (κ3) is 3.32. The van der Waals surface area contributed by atoms with Gasteiger partial charge in [0.15, 0.2) is 0 Å². The Balaban J connectivity index is 2.11. The molecule has 1 heterocycles. The standard InChI is InChI=1S/C14H16Cl2FN3/c1-8-10(7-20(3)19-8)6-18-9(2)11-4-14(17)13(16)5-12(11)15/h4-5,7,9,18H,6H2,1-3H3. The molecular weight excluding hydrogens is 300 g/mol. The molecule has 108 valence electrons. The van der Waals surface area contributed by atoms with E-state index in [1.807, 2.05) is 27.1 Å². The maximum atomic E-state index is 13.5. The predicted octanol–water partition coefficient (Wildman–Crippen LogP) is 4.03. The Morgan fingerprint density at radius 1 is 1.35 bits per heavy atom. The van der Waals surface area contributed by atoms with Crippen molar-refractivity contribution >= 4 is 23.2 Å². The van der Waals surface area contributed by atoms with Gasteiger partial charge in [-0.3, -0.25) is 4.68 Å². The number of nitrogens with one attached hydrogen (secondary N) is 1. The Morgan fingerprint density at radius 2 is 2.05 bits per heavy atom. The molecule has 0 saturated heterocycles. The topological polar surface area (TPSA) is 29.9 Å². The Hall–Kier alpha value is -1.10. The van der Waals surface area contributed by atoms with Crippen molar-refractivity contribution in [3.05, 3.63) is 51.0 Å². The molecule has 0 fully saturated rings. The second-order valence-corrected chi connectivity index (χ2v) is 5.62. The van der Waals surface area contributed by atoms with Gasteiger partial charge in [-0.15, -0.1) is 0 Å². The third-order valence-corrected chi connectivity index (χ3v) is 3.84. The molecule has 0 radical (unpaired) electrons. The highest BCUT2D eigenvalue weighted by Crippen LogP contribution is 2.28. The van der Waals surface area contributed by atoms with Gasteiger partial charge in [-0.1, -0.05) is 23.2 Å². The molecule has 1 aromatic heterocycles. The zero-order chi connectivity index (χ0) is 14.9. The van der Waals surface area contributed by atoms with Gasteiger partial charge >= 0.3 is 0 Å². The number of benzene rings is 1. The molecule has 20 heavy (non-hydrogen) atoms. The lowest BCUT2D eigenvalue weighted by atomic mass is 10.1. The summed E-state index contributed by atoms with van der Waals surface area (Å²) in [5.74, 6) is -0.461. The third-order valence-electron chi connectivity index (χ3n) is 3.22. The lowest BCUT2D eigenvalue weighted by Gasteiger charge is -2.16. The first kappa shape index (κ1) is 15.3. The summed E-state index contributed by atoms with van der Waals surface area (Å²) in [5.41, 5.74) is 2.76. The monoisotopic (exact) mass is 315 g/mol. The zero-order valence-electron chi connectivity index (χ0n) is 11.5. The van der Waals surface area contributed by atoms with E-state index in [1.165, 1.54) is 12.1 Å². The highest BCUT2D eigenvalue weighted by molar-refractivity contribution is 6.35. The molecule has 2 aromatic rings. The summed E-state index contributed by atoms with van der Waals surface area (Å²) >= 11 is 11.8. The molecule has 0 aliphatic rings. The van der Waals surface area contributed by atoms with Gasteiger partial charge < -0.3 is 5.32 Å². The lowest BCUT2D eigenvalue weighted by molar-refractivity contribution is 0.564. The Kier molecular flexibility index (Phi) is 4.68. The Labute approximate surface area is 127 Å². The van der Waals surface area contributed by atoms with Crippen LogP contribution in [0, 0.1) is 12.7 Å². The minimum atomic E-state index is -0.461. The predicted molar refractivity (Wildman–Crippen MR) is 79.6 cm³/mol. The summed E-state index contributed by atoms with van der Waals surface area (Å²) in [6.45, 7) is 4.53. The molecule has 0 bridgehead atoms. The Morgan fingerprint density at radius 3 is 2.65 bits per heavy atom. The number of hydrogen-bond acceptors (Lipinski definition) is 2. The van der Waals surface area contributed by atoms with Crippen LogP contribution >= 0.6 is 23.2 Å². The first-order chi connectivity index (χ1) is 9.38. The molecule has 2 rings (SSSR count). The first-order valence-electron chi connectivity index (χ1n) is 6.25. The fraction of sp³-hybridized carbons (Fsp3) is 0.357. The van der Waals surface area contributed by atoms with Crippen molar-refractivity contribution in [1.82, 2.24) is 15.1 Å². The second-order valence-electron chi connectivity index (χ2n) is 4.80. The largest absolute Gasteiger partial charge is 0.306 e.